The number of carbonyl (C=O) groups is 1. The highest BCUT2D eigenvalue weighted by Crippen LogP contribution is 2.13. The van der Waals surface area contributed by atoms with Gasteiger partial charge in [0.2, 0.25) is 5.91 Å². The van der Waals surface area contributed by atoms with Gasteiger partial charge in [-0.05, 0) is 38.1 Å². The molecule has 1 aliphatic rings. The Morgan fingerprint density at radius 3 is 2.53 bits per heavy atom. The molecule has 0 saturated carbocycles. The molecule has 0 radical (unpaired) electrons. The smallest absolute Gasteiger partial charge is 0.236 e. The van der Waals surface area contributed by atoms with Crippen molar-refractivity contribution in [2.45, 2.75) is 39.7 Å². The summed E-state index contributed by atoms with van der Waals surface area (Å²) in [6, 6.07) is -0.100. The molecule has 0 bridgehead atoms. The summed E-state index contributed by atoms with van der Waals surface area (Å²) in [4.78, 5) is 11.7. The van der Waals surface area contributed by atoms with Crippen LogP contribution in [0.4, 0.5) is 0 Å². The van der Waals surface area contributed by atoms with Gasteiger partial charge >= 0.3 is 0 Å². The fourth-order valence-electron chi connectivity index (χ4n) is 1.84. The molecule has 0 aliphatic carbocycles. The van der Waals surface area contributed by atoms with E-state index in [1.807, 2.05) is 6.92 Å². The normalized spacial score (nSPS) is 19.3. The van der Waals surface area contributed by atoms with Crippen molar-refractivity contribution in [3.05, 3.63) is 0 Å². The molecule has 2 N–H and O–H groups in total. The first-order valence-electron chi connectivity index (χ1n) is 6.68. The van der Waals surface area contributed by atoms with Crippen molar-refractivity contribution >= 4 is 5.91 Å². The van der Waals surface area contributed by atoms with Crippen LogP contribution < -0.4 is 10.6 Å². The SMILES string of the molecule is CC(C)CNC(=O)C(C)NCC1CCOCC1. The molecule has 0 spiro atoms. The van der Waals surface area contributed by atoms with Gasteiger partial charge in [-0.15, -0.1) is 0 Å². The summed E-state index contributed by atoms with van der Waals surface area (Å²) in [6.45, 7) is 9.51. The molecule has 0 aromatic rings. The van der Waals surface area contributed by atoms with Crippen molar-refractivity contribution in [3.8, 4) is 0 Å². The molecule has 1 saturated heterocycles. The van der Waals surface area contributed by atoms with Crippen LogP contribution in [-0.2, 0) is 9.53 Å². The number of ether oxygens (including phenoxy) is 1. The van der Waals surface area contributed by atoms with Crippen molar-refractivity contribution < 1.29 is 9.53 Å². The van der Waals surface area contributed by atoms with E-state index >= 15 is 0 Å². The van der Waals surface area contributed by atoms with Gasteiger partial charge in [0, 0.05) is 19.8 Å². The summed E-state index contributed by atoms with van der Waals surface area (Å²) < 4.78 is 5.31. The van der Waals surface area contributed by atoms with Crippen molar-refractivity contribution in [3.63, 3.8) is 0 Å². The van der Waals surface area contributed by atoms with Gasteiger partial charge in [0.15, 0.2) is 0 Å². The van der Waals surface area contributed by atoms with E-state index < -0.39 is 0 Å². The molecule has 1 aliphatic heterocycles. The summed E-state index contributed by atoms with van der Waals surface area (Å²) in [5.74, 6) is 1.26. The van der Waals surface area contributed by atoms with Gasteiger partial charge in [0.1, 0.15) is 0 Å². The molecule has 1 fully saturated rings. The van der Waals surface area contributed by atoms with Gasteiger partial charge in [0.25, 0.3) is 0 Å². The predicted molar refractivity (Wildman–Crippen MR) is 68.9 cm³/mol. The van der Waals surface area contributed by atoms with E-state index in [1.54, 1.807) is 0 Å². The summed E-state index contributed by atoms with van der Waals surface area (Å²) in [6.07, 6.45) is 2.21. The molecule has 4 nitrogen and oxygen atoms in total. The highest BCUT2D eigenvalue weighted by atomic mass is 16.5. The lowest BCUT2D eigenvalue weighted by Crippen LogP contribution is -2.45. The lowest BCUT2D eigenvalue weighted by atomic mass is 10.00. The van der Waals surface area contributed by atoms with Gasteiger partial charge in [-0.25, -0.2) is 0 Å². The van der Waals surface area contributed by atoms with Gasteiger partial charge in [-0.1, -0.05) is 13.8 Å². The minimum atomic E-state index is -0.100. The first-order valence-corrected chi connectivity index (χ1v) is 6.68. The molecular weight excluding hydrogens is 216 g/mol. The van der Waals surface area contributed by atoms with Gasteiger partial charge in [0.05, 0.1) is 6.04 Å². The maximum absolute atomic E-state index is 11.7. The third-order valence-electron chi connectivity index (χ3n) is 3.13. The van der Waals surface area contributed by atoms with Crippen molar-refractivity contribution in [1.82, 2.24) is 10.6 Å². The Morgan fingerprint density at radius 2 is 1.94 bits per heavy atom. The fraction of sp³-hybridized carbons (Fsp3) is 0.923. The largest absolute Gasteiger partial charge is 0.381 e. The second-order valence-electron chi connectivity index (χ2n) is 5.32. The van der Waals surface area contributed by atoms with E-state index in [1.165, 1.54) is 0 Å². The number of hydrogen-bond acceptors (Lipinski definition) is 3. The number of amides is 1. The van der Waals surface area contributed by atoms with Crippen LogP contribution in [-0.4, -0.2) is 38.3 Å². The molecule has 4 heteroatoms. The van der Waals surface area contributed by atoms with Gasteiger partial charge in [-0.3, -0.25) is 4.79 Å². The number of hydrogen-bond donors (Lipinski definition) is 2. The molecule has 1 unspecified atom stereocenters. The molecule has 1 rings (SSSR count). The Hall–Kier alpha value is -0.610. The van der Waals surface area contributed by atoms with Gasteiger partial charge in [-0.2, -0.15) is 0 Å². The number of rotatable bonds is 6. The summed E-state index contributed by atoms with van der Waals surface area (Å²) in [5, 5.41) is 6.25. The van der Waals surface area contributed by atoms with Crippen molar-refractivity contribution in [2.24, 2.45) is 11.8 Å². The van der Waals surface area contributed by atoms with Crippen LogP contribution in [0.5, 0.6) is 0 Å². The molecule has 1 heterocycles. The van der Waals surface area contributed by atoms with Crippen LogP contribution in [0.25, 0.3) is 0 Å². The quantitative estimate of drug-likeness (QED) is 0.735. The minimum absolute atomic E-state index is 0.100. The molecule has 0 aromatic carbocycles. The molecule has 17 heavy (non-hydrogen) atoms. The Balaban J connectivity index is 2.14. The zero-order valence-corrected chi connectivity index (χ0v) is 11.3. The van der Waals surface area contributed by atoms with E-state index in [-0.39, 0.29) is 11.9 Å². The van der Waals surface area contributed by atoms with Crippen molar-refractivity contribution in [1.29, 1.82) is 0 Å². The number of carbonyl (C=O) groups excluding carboxylic acids is 1. The van der Waals surface area contributed by atoms with Crippen LogP contribution in [0.2, 0.25) is 0 Å². The molecular formula is C13H26N2O2. The maximum atomic E-state index is 11.7. The predicted octanol–water partition coefficient (Wildman–Crippen LogP) is 1.16. The third kappa shape index (κ3) is 6.03. The first kappa shape index (κ1) is 14.5. The molecule has 0 aromatic heterocycles. The standard InChI is InChI=1S/C13H26N2O2/c1-10(2)8-15-13(16)11(3)14-9-12-4-6-17-7-5-12/h10-12,14H,4-9H2,1-3H3,(H,15,16). The second-order valence-corrected chi connectivity index (χ2v) is 5.32. The average molecular weight is 242 g/mol. The lowest BCUT2D eigenvalue weighted by molar-refractivity contribution is -0.122. The summed E-state index contributed by atoms with van der Waals surface area (Å²) in [7, 11) is 0. The third-order valence-corrected chi connectivity index (χ3v) is 3.13. The van der Waals surface area contributed by atoms with E-state index in [0.29, 0.717) is 11.8 Å². The average Bonchev–Trinajstić information content (AvgIpc) is 2.34. The van der Waals surface area contributed by atoms with Crippen LogP contribution in [0.15, 0.2) is 0 Å². The molecule has 1 amide bonds. The Morgan fingerprint density at radius 1 is 1.29 bits per heavy atom. The number of nitrogens with one attached hydrogen (secondary N) is 2. The fourth-order valence-corrected chi connectivity index (χ4v) is 1.84. The molecule has 100 valence electrons. The van der Waals surface area contributed by atoms with Crippen LogP contribution in [0.3, 0.4) is 0 Å². The first-order chi connectivity index (χ1) is 8.09. The lowest BCUT2D eigenvalue weighted by Gasteiger charge is -2.24. The van der Waals surface area contributed by atoms with E-state index in [2.05, 4.69) is 24.5 Å². The summed E-state index contributed by atoms with van der Waals surface area (Å²) >= 11 is 0. The van der Waals surface area contributed by atoms with Crippen molar-refractivity contribution in [2.75, 3.05) is 26.3 Å². The Bertz CT molecular complexity index is 225. The van der Waals surface area contributed by atoms with E-state index in [4.69, 9.17) is 4.74 Å². The minimum Gasteiger partial charge on any atom is -0.381 e. The second kappa shape index (κ2) is 7.67. The monoisotopic (exact) mass is 242 g/mol. The highest BCUT2D eigenvalue weighted by molar-refractivity contribution is 5.81. The van der Waals surface area contributed by atoms with Crippen LogP contribution in [0, 0.1) is 11.8 Å². The van der Waals surface area contributed by atoms with Gasteiger partial charge < -0.3 is 15.4 Å². The van der Waals surface area contributed by atoms with Crippen LogP contribution in [0.1, 0.15) is 33.6 Å². The van der Waals surface area contributed by atoms with E-state index in [0.717, 1.165) is 39.1 Å². The summed E-state index contributed by atoms with van der Waals surface area (Å²) in [5.41, 5.74) is 0. The maximum Gasteiger partial charge on any atom is 0.236 e. The topological polar surface area (TPSA) is 50.4 Å². The zero-order valence-electron chi connectivity index (χ0n) is 11.3. The molecule has 1 atom stereocenters. The highest BCUT2D eigenvalue weighted by Gasteiger charge is 2.17. The Kier molecular flexibility index (Phi) is 6.52. The van der Waals surface area contributed by atoms with Crippen LogP contribution >= 0.6 is 0 Å². The van der Waals surface area contributed by atoms with E-state index in [9.17, 15) is 4.79 Å². The Labute approximate surface area is 104 Å². The zero-order chi connectivity index (χ0) is 12.7.